The molecule has 0 bridgehead atoms. The average Bonchev–Trinajstić information content (AvgIpc) is 3.03. The van der Waals surface area contributed by atoms with Crippen LogP contribution in [0.1, 0.15) is 58.8 Å². The van der Waals surface area contributed by atoms with Gasteiger partial charge in [0.15, 0.2) is 0 Å². The van der Waals surface area contributed by atoms with E-state index in [0.717, 1.165) is 38.1 Å². The summed E-state index contributed by atoms with van der Waals surface area (Å²) in [4.78, 5) is 4.43. The third-order valence-electron chi connectivity index (χ3n) is 3.91. The van der Waals surface area contributed by atoms with Crippen LogP contribution in [0.4, 0.5) is 0 Å². The molecule has 3 atom stereocenters. The highest BCUT2D eigenvalue weighted by Crippen LogP contribution is 2.23. The van der Waals surface area contributed by atoms with E-state index in [0.29, 0.717) is 24.3 Å². The van der Waals surface area contributed by atoms with Gasteiger partial charge in [0, 0.05) is 18.5 Å². The molecule has 0 radical (unpaired) electrons. The molecular weight excluding hydrogens is 252 g/mol. The standard InChI is InChI=1S/C15H28N4O/c1-5-8-16-13(14-7-6-12(4)20-14)9-15-17-10-18-19(15)11(2)3/h10-14,16H,5-9H2,1-4H3. The van der Waals surface area contributed by atoms with Crippen LogP contribution in [0.5, 0.6) is 0 Å². The van der Waals surface area contributed by atoms with Crippen LogP contribution in [0.15, 0.2) is 6.33 Å². The predicted octanol–water partition coefficient (Wildman–Crippen LogP) is 2.34. The summed E-state index contributed by atoms with van der Waals surface area (Å²) in [5, 5.41) is 7.96. The molecule has 0 amide bonds. The van der Waals surface area contributed by atoms with E-state index in [2.05, 4.69) is 43.1 Å². The van der Waals surface area contributed by atoms with Crippen molar-refractivity contribution in [2.24, 2.45) is 0 Å². The first-order valence-corrected chi connectivity index (χ1v) is 7.89. The van der Waals surface area contributed by atoms with Crippen molar-refractivity contribution in [1.29, 1.82) is 0 Å². The van der Waals surface area contributed by atoms with E-state index in [4.69, 9.17) is 4.74 Å². The van der Waals surface area contributed by atoms with Gasteiger partial charge in [-0.3, -0.25) is 0 Å². The van der Waals surface area contributed by atoms with Crippen LogP contribution in [-0.2, 0) is 11.2 Å². The Balaban J connectivity index is 2.04. The van der Waals surface area contributed by atoms with Gasteiger partial charge in [-0.25, -0.2) is 9.67 Å². The second-order valence-electron chi connectivity index (χ2n) is 6.04. The first-order valence-electron chi connectivity index (χ1n) is 7.89. The fraction of sp³-hybridized carbons (Fsp3) is 0.867. The largest absolute Gasteiger partial charge is 0.374 e. The topological polar surface area (TPSA) is 52.0 Å². The number of hydrogen-bond donors (Lipinski definition) is 1. The molecule has 0 spiro atoms. The highest BCUT2D eigenvalue weighted by Gasteiger charge is 2.30. The summed E-state index contributed by atoms with van der Waals surface area (Å²) < 4.78 is 8.06. The lowest BCUT2D eigenvalue weighted by Gasteiger charge is -2.25. The van der Waals surface area contributed by atoms with Crippen molar-refractivity contribution >= 4 is 0 Å². The first kappa shape index (κ1) is 15.4. The maximum Gasteiger partial charge on any atom is 0.138 e. The summed E-state index contributed by atoms with van der Waals surface area (Å²) in [6.07, 6.45) is 6.66. The zero-order valence-electron chi connectivity index (χ0n) is 13.2. The summed E-state index contributed by atoms with van der Waals surface area (Å²) in [6, 6.07) is 0.685. The monoisotopic (exact) mass is 280 g/mol. The molecule has 0 aromatic carbocycles. The van der Waals surface area contributed by atoms with E-state index in [9.17, 15) is 0 Å². The molecule has 5 heteroatoms. The van der Waals surface area contributed by atoms with Gasteiger partial charge in [0.25, 0.3) is 0 Å². The molecule has 1 aliphatic rings. The van der Waals surface area contributed by atoms with Gasteiger partial charge >= 0.3 is 0 Å². The zero-order valence-corrected chi connectivity index (χ0v) is 13.2. The second-order valence-corrected chi connectivity index (χ2v) is 6.04. The van der Waals surface area contributed by atoms with Crippen LogP contribution in [-0.4, -0.2) is 39.6 Å². The number of hydrogen-bond acceptors (Lipinski definition) is 4. The summed E-state index contributed by atoms with van der Waals surface area (Å²) in [6.45, 7) is 9.66. The van der Waals surface area contributed by atoms with Crippen LogP contribution in [0.2, 0.25) is 0 Å². The van der Waals surface area contributed by atoms with Crippen molar-refractivity contribution in [3.63, 3.8) is 0 Å². The number of nitrogens with zero attached hydrogens (tertiary/aromatic N) is 3. The first-order chi connectivity index (χ1) is 9.61. The molecular formula is C15H28N4O. The molecule has 1 saturated heterocycles. The third-order valence-corrected chi connectivity index (χ3v) is 3.91. The van der Waals surface area contributed by atoms with Crippen LogP contribution >= 0.6 is 0 Å². The number of rotatable bonds is 7. The van der Waals surface area contributed by atoms with E-state index in [-0.39, 0.29) is 0 Å². The lowest BCUT2D eigenvalue weighted by Crippen LogP contribution is -2.42. The van der Waals surface area contributed by atoms with Crippen LogP contribution in [0.25, 0.3) is 0 Å². The third kappa shape index (κ3) is 3.79. The van der Waals surface area contributed by atoms with Gasteiger partial charge in [-0.15, -0.1) is 0 Å². The number of aromatic nitrogens is 3. The second kappa shape index (κ2) is 7.18. The lowest BCUT2D eigenvalue weighted by atomic mass is 10.0. The summed E-state index contributed by atoms with van der Waals surface area (Å²) in [7, 11) is 0. The highest BCUT2D eigenvalue weighted by atomic mass is 16.5. The molecule has 0 aliphatic carbocycles. The zero-order chi connectivity index (χ0) is 14.5. The van der Waals surface area contributed by atoms with Crippen molar-refractivity contribution in [3.8, 4) is 0 Å². The minimum absolute atomic E-state index is 0.300. The lowest BCUT2D eigenvalue weighted by molar-refractivity contribution is 0.0313. The molecule has 3 unspecified atom stereocenters. The summed E-state index contributed by atoms with van der Waals surface area (Å²) in [5.41, 5.74) is 0. The fourth-order valence-electron chi connectivity index (χ4n) is 2.84. The Morgan fingerprint density at radius 2 is 2.25 bits per heavy atom. The molecule has 20 heavy (non-hydrogen) atoms. The van der Waals surface area contributed by atoms with Crippen molar-refractivity contribution in [1.82, 2.24) is 20.1 Å². The van der Waals surface area contributed by atoms with Crippen molar-refractivity contribution < 1.29 is 4.74 Å². The maximum absolute atomic E-state index is 6.05. The Morgan fingerprint density at radius 1 is 1.45 bits per heavy atom. The van der Waals surface area contributed by atoms with Crippen molar-refractivity contribution in [2.75, 3.05) is 6.54 Å². The number of nitrogens with one attached hydrogen (secondary N) is 1. The van der Waals surface area contributed by atoms with Crippen molar-refractivity contribution in [2.45, 2.75) is 77.7 Å². The van der Waals surface area contributed by atoms with E-state index < -0.39 is 0 Å². The predicted molar refractivity (Wildman–Crippen MR) is 79.8 cm³/mol. The SMILES string of the molecule is CCCNC(Cc1ncnn1C(C)C)C1CCC(C)O1. The Kier molecular flexibility index (Phi) is 5.54. The normalized spacial score (nSPS) is 24.4. The van der Waals surface area contributed by atoms with E-state index in [1.165, 1.54) is 0 Å². The Bertz CT molecular complexity index is 404. The molecule has 114 valence electrons. The number of ether oxygens (including phenoxy) is 1. The Morgan fingerprint density at radius 3 is 2.85 bits per heavy atom. The van der Waals surface area contributed by atoms with E-state index in [1.54, 1.807) is 6.33 Å². The van der Waals surface area contributed by atoms with Gasteiger partial charge in [-0.05, 0) is 46.6 Å². The molecule has 1 fully saturated rings. The molecule has 5 nitrogen and oxygen atoms in total. The van der Waals surface area contributed by atoms with Gasteiger partial charge in [-0.1, -0.05) is 6.92 Å². The quantitative estimate of drug-likeness (QED) is 0.833. The molecule has 0 saturated carbocycles. The van der Waals surface area contributed by atoms with Gasteiger partial charge in [0.1, 0.15) is 12.2 Å². The van der Waals surface area contributed by atoms with Crippen LogP contribution < -0.4 is 5.32 Å². The highest BCUT2D eigenvalue weighted by molar-refractivity contribution is 4.95. The molecule has 1 aromatic rings. The Hall–Kier alpha value is -0.940. The smallest absolute Gasteiger partial charge is 0.138 e. The van der Waals surface area contributed by atoms with Crippen molar-refractivity contribution in [3.05, 3.63) is 12.2 Å². The van der Waals surface area contributed by atoms with Crippen LogP contribution in [0.3, 0.4) is 0 Å². The van der Waals surface area contributed by atoms with Gasteiger partial charge in [0.2, 0.25) is 0 Å². The fourth-order valence-corrected chi connectivity index (χ4v) is 2.84. The summed E-state index contributed by atoms with van der Waals surface area (Å²) in [5.74, 6) is 1.05. The van der Waals surface area contributed by atoms with E-state index >= 15 is 0 Å². The van der Waals surface area contributed by atoms with Gasteiger partial charge in [0.05, 0.1) is 12.2 Å². The average molecular weight is 280 g/mol. The van der Waals surface area contributed by atoms with Crippen LogP contribution in [0, 0.1) is 0 Å². The molecule has 1 N–H and O–H groups in total. The minimum Gasteiger partial charge on any atom is -0.374 e. The summed E-state index contributed by atoms with van der Waals surface area (Å²) >= 11 is 0. The molecule has 1 aliphatic heterocycles. The van der Waals surface area contributed by atoms with Gasteiger partial charge < -0.3 is 10.1 Å². The Labute approximate surface area is 122 Å². The van der Waals surface area contributed by atoms with E-state index in [1.807, 2.05) is 4.68 Å². The minimum atomic E-state index is 0.300. The molecule has 2 heterocycles. The maximum atomic E-state index is 6.05. The van der Waals surface area contributed by atoms with Gasteiger partial charge in [-0.2, -0.15) is 5.10 Å². The molecule has 1 aromatic heterocycles. The molecule has 2 rings (SSSR count).